The number of hydrogen-bond donors (Lipinski definition) is 1. The largest absolute Gasteiger partial charge is 0.490 e. The molecule has 1 N–H and O–H groups in total. The smallest absolute Gasteiger partial charge is 0.335 e. The average Bonchev–Trinajstić information content (AvgIpc) is 2.55. The maximum absolute atomic E-state index is 11.1. The maximum atomic E-state index is 11.1. The third kappa shape index (κ3) is 4.94. The standard InChI is InChI=1S/C17H16Cl2O5/c1-2-22-15-10-11(17(20)21)9-14(19)16(15)24-8-7-23-13-5-3-12(18)4-6-13/h3-6,9-10H,2,7-8H2,1H3,(H,20,21). The Morgan fingerprint density at radius 1 is 1.04 bits per heavy atom. The van der Waals surface area contributed by atoms with E-state index in [1.54, 1.807) is 31.2 Å². The Balaban J connectivity index is 2.00. The highest BCUT2D eigenvalue weighted by Gasteiger charge is 2.15. The molecule has 0 saturated heterocycles. The van der Waals surface area contributed by atoms with Gasteiger partial charge in [-0.3, -0.25) is 0 Å². The minimum absolute atomic E-state index is 0.0354. The van der Waals surface area contributed by atoms with Gasteiger partial charge in [-0.05, 0) is 43.3 Å². The minimum Gasteiger partial charge on any atom is -0.490 e. The molecule has 0 spiro atoms. The fourth-order valence-electron chi connectivity index (χ4n) is 1.93. The van der Waals surface area contributed by atoms with Gasteiger partial charge < -0.3 is 19.3 Å². The number of hydrogen-bond acceptors (Lipinski definition) is 4. The molecule has 2 aromatic rings. The molecule has 0 aliphatic carbocycles. The first-order chi connectivity index (χ1) is 11.5. The number of carboxylic acid groups (broad SMARTS) is 1. The van der Waals surface area contributed by atoms with E-state index in [9.17, 15) is 4.79 Å². The zero-order valence-corrected chi connectivity index (χ0v) is 14.4. The fourth-order valence-corrected chi connectivity index (χ4v) is 2.32. The Kier molecular flexibility index (Phi) is 6.58. The van der Waals surface area contributed by atoms with Gasteiger partial charge in [-0.2, -0.15) is 0 Å². The lowest BCUT2D eigenvalue weighted by Gasteiger charge is -2.14. The van der Waals surface area contributed by atoms with Crippen LogP contribution in [0.3, 0.4) is 0 Å². The highest BCUT2D eigenvalue weighted by molar-refractivity contribution is 6.32. The van der Waals surface area contributed by atoms with Crippen molar-refractivity contribution in [1.29, 1.82) is 0 Å². The van der Waals surface area contributed by atoms with Gasteiger partial charge in [0.1, 0.15) is 19.0 Å². The first-order valence-electron chi connectivity index (χ1n) is 7.22. The minimum atomic E-state index is -1.09. The molecular formula is C17H16Cl2O5. The number of benzene rings is 2. The van der Waals surface area contributed by atoms with Gasteiger partial charge in [0, 0.05) is 5.02 Å². The molecular weight excluding hydrogens is 355 g/mol. The molecule has 0 aromatic heterocycles. The summed E-state index contributed by atoms with van der Waals surface area (Å²) in [6, 6.07) is 9.67. The second-order valence-corrected chi connectivity index (χ2v) is 5.52. The summed E-state index contributed by atoms with van der Waals surface area (Å²) in [7, 11) is 0. The first kappa shape index (κ1) is 18.2. The third-order valence-electron chi connectivity index (χ3n) is 2.97. The molecule has 0 amide bonds. The molecule has 0 radical (unpaired) electrons. The number of aromatic carboxylic acids is 1. The molecule has 0 heterocycles. The molecule has 0 unspecified atom stereocenters. The van der Waals surface area contributed by atoms with Crippen molar-refractivity contribution in [3.63, 3.8) is 0 Å². The van der Waals surface area contributed by atoms with E-state index in [0.29, 0.717) is 23.1 Å². The van der Waals surface area contributed by atoms with Crippen LogP contribution in [-0.4, -0.2) is 30.9 Å². The van der Waals surface area contributed by atoms with E-state index in [0.717, 1.165) is 0 Å². The van der Waals surface area contributed by atoms with Crippen LogP contribution >= 0.6 is 23.2 Å². The van der Waals surface area contributed by atoms with E-state index in [4.69, 9.17) is 42.5 Å². The summed E-state index contributed by atoms with van der Waals surface area (Å²) < 4.78 is 16.5. The second kappa shape index (κ2) is 8.66. The number of carbonyl (C=O) groups is 1. The van der Waals surface area contributed by atoms with Crippen LogP contribution in [0, 0.1) is 0 Å². The molecule has 0 aliphatic rings. The van der Waals surface area contributed by atoms with Crippen LogP contribution < -0.4 is 14.2 Å². The molecule has 24 heavy (non-hydrogen) atoms. The summed E-state index contributed by atoms with van der Waals surface area (Å²) in [4.78, 5) is 11.1. The zero-order chi connectivity index (χ0) is 17.5. The van der Waals surface area contributed by atoms with Gasteiger partial charge in [0.05, 0.1) is 17.2 Å². The van der Waals surface area contributed by atoms with Gasteiger partial charge in [0.2, 0.25) is 0 Å². The summed E-state index contributed by atoms with van der Waals surface area (Å²) in [5.74, 6) is 0.160. The molecule has 128 valence electrons. The summed E-state index contributed by atoms with van der Waals surface area (Å²) >= 11 is 11.9. The number of ether oxygens (including phenoxy) is 3. The van der Waals surface area contributed by atoms with Gasteiger partial charge >= 0.3 is 5.97 Å². The van der Waals surface area contributed by atoms with E-state index in [2.05, 4.69) is 0 Å². The van der Waals surface area contributed by atoms with Gasteiger partial charge in [-0.25, -0.2) is 4.79 Å². The molecule has 0 bridgehead atoms. The summed E-state index contributed by atoms with van der Waals surface area (Å²) in [5, 5.41) is 9.87. The maximum Gasteiger partial charge on any atom is 0.335 e. The molecule has 0 atom stereocenters. The predicted molar refractivity (Wildman–Crippen MR) is 92.0 cm³/mol. The van der Waals surface area contributed by atoms with Crippen LogP contribution in [0.25, 0.3) is 0 Å². The quantitative estimate of drug-likeness (QED) is 0.690. The molecule has 2 aromatic carbocycles. The van der Waals surface area contributed by atoms with Crippen LogP contribution in [0.1, 0.15) is 17.3 Å². The van der Waals surface area contributed by atoms with Crippen LogP contribution in [0.15, 0.2) is 36.4 Å². The number of halogens is 2. The van der Waals surface area contributed by atoms with Crippen LogP contribution in [0.2, 0.25) is 10.0 Å². The van der Waals surface area contributed by atoms with E-state index < -0.39 is 5.97 Å². The highest BCUT2D eigenvalue weighted by atomic mass is 35.5. The van der Waals surface area contributed by atoms with E-state index in [-0.39, 0.29) is 29.5 Å². The summed E-state index contributed by atoms with van der Waals surface area (Å²) in [6.07, 6.45) is 0. The lowest BCUT2D eigenvalue weighted by molar-refractivity contribution is 0.0696. The Hall–Kier alpha value is -2.11. The fraction of sp³-hybridized carbons (Fsp3) is 0.235. The van der Waals surface area contributed by atoms with E-state index >= 15 is 0 Å². The molecule has 0 fully saturated rings. The van der Waals surface area contributed by atoms with Crippen molar-refractivity contribution in [2.75, 3.05) is 19.8 Å². The van der Waals surface area contributed by atoms with Crippen molar-refractivity contribution in [3.05, 3.63) is 52.0 Å². The SMILES string of the molecule is CCOc1cc(C(=O)O)cc(Cl)c1OCCOc1ccc(Cl)cc1. The van der Waals surface area contributed by atoms with Gasteiger partial charge in [-0.15, -0.1) is 0 Å². The molecule has 5 nitrogen and oxygen atoms in total. The highest BCUT2D eigenvalue weighted by Crippen LogP contribution is 2.36. The van der Waals surface area contributed by atoms with Crippen LogP contribution in [0.5, 0.6) is 17.2 Å². The van der Waals surface area contributed by atoms with Gasteiger partial charge in [0.15, 0.2) is 11.5 Å². The Labute approximate surface area is 149 Å². The lowest BCUT2D eigenvalue weighted by atomic mass is 10.2. The first-order valence-corrected chi connectivity index (χ1v) is 7.97. The van der Waals surface area contributed by atoms with Crippen molar-refractivity contribution < 1.29 is 24.1 Å². The summed E-state index contributed by atoms with van der Waals surface area (Å²) in [6.45, 7) is 2.64. The summed E-state index contributed by atoms with van der Waals surface area (Å²) in [5.41, 5.74) is 0.0354. The molecule has 2 rings (SSSR count). The van der Waals surface area contributed by atoms with E-state index in [1.807, 2.05) is 0 Å². The van der Waals surface area contributed by atoms with E-state index in [1.165, 1.54) is 12.1 Å². The third-order valence-corrected chi connectivity index (χ3v) is 3.50. The Morgan fingerprint density at radius 2 is 1.71 bits per heavy atom. The van der Waals surface area contributed by atoms with Crippen LogP contribution in [-0.2, 0) is 0 Å². The lowest BCUT2D eigenvalue weighted by Crippen LogP contribution is -2.10. The normalized spacial score (nSPS) is 10.3. The van der Waals surface area contributed by atoms with Gasteiger partial charge in [0.25, 0.3) is 0 Å². The number of rotatable bonds is 8. The topological polar surface area (TPSA) is 65.0 Å². The second-order valence-electron chi connectivity index (χ2n) is 4.67. The van der Waals surface area contributed by atoms with Crippen molar-refractivity contribution in [2.24, 2.45) is 0 Å². The Bertz CT molecular complexity index is 701. The average molecular weight is 371 g/mol. The Morgan fingerprint density at radius 3 is 2.33 bits per heavy atom. The van der Waals surface area contributed by atoms with Crippen LogP contribution in [0.4, 0.5) is 0 Å². The van der Waals surface area contributed by atoms with Crippen molar-refractivity contribution in [1.82, 2.24) is 0 Å². The number of carboxylic acids is 1. The molecule has 0 saturated carbocycles. The zero-order valence-electron chi connectivity index (χ0n) is 12.9. The molecule has 0 aliphatic heterocycles. The molecule has 7 heteroatoms. The van der Waals surface area contributed by atoms with Crippen molar-refractivity contribution >= 4 is 29.2 Å². The van der Waals surface area contributed by atoms with Crippen molar-refractivity contribution in [3.8, 4) is 17.2 Å². The predicted octanol–water partition coefficient (Wildman–Crippen LogP) is 4.55. The van der Waals surface area contributed by atoms with Gasteiger partial charge in [-0.1, -0.05) is 23.2 Å². The van der Waals surface area contributed by atoms with Crippen molar-refractivity contribution in [2.45, 2.75) is 6.92 Å². The monoisotopic (exact) mass is 370 g/mol.